The maximum Gasteiger partial charge on any atom is 0.263 e. The quantitative estimate of drug-likeness (QED) is 0.706. The van der Waals surface area contributed by atoms with Crippen LogP contribution in [-0.2, 0) is 0 Å². The van der Waals surface area contributed by atoms with E-state index in [1.54, 1.807) is 6.33 Å². The Morgan fingerprint density at radius 2 is 2.04 bits per heavy atom. The molecule has 1 saturated heterocycles. The molecule has 0 amide bonds. The van der Waals surface area contributed by atoms with E-state index >= 15 is 0 Å². The van der Waals surface area contributed by atoms with Gasteiger partial charge >= 0.3 is 0 Å². The van der Waals surface area contributed by atoms with Crippen molar-refractivity contribution in [1.29, 1.82) is 0 Å². The number of benzene rings is 1. The highest BCUT2D eigenvalue weighted by molar-refractivity contribution is 6.30. The van der Waals surface area contributed by atoms with Crippen LogP contribution in [0.15, 0.2) is 35.1 Å². The molecule has 1 aliphatic rings. The minimum atomic E-state index is 0.517. The van der Waals surface area contributed by atoms with Crippen LogP contribution in [0.1, 0.15) is 19.8 Å². The summed E-state index contributed by atoms with van der Waals surface area (Å²) < 4.78 is 5.43. The van der Waals surface area contributed by atoms with E-state index in [0.29, 0.717) is 10.7 Å². The molecule has 0 spiro atoms. The van der Waals surface area contributed by atoms with Crippen molar-refractivity contribution in [2.45, 2.75) is 19.8 Å². The number of hydrogen-bond donors (Lipinski definition) is 0. The summed E-state index contributed by atoms with van der Waals surface area (Å²) in [7, 11) is 0. The molecular weight excluding hydrogens is 312 g/mol. The van der Waals surface area contributed by atoms with Gasteiger partial charge in [0.05, 0.1) is 0 Å². The van der Waals surface area contributed by atoms with Gasteiger partial charge in [-0.2, -0.15) is 4.98 Å². The zero-order valence-corrected chi connectivity index (χ0v) is 13.6. The van der Waals surface area contributed by atoms with Crippen LogP contribution in [0, 0.1) is 5.92 Å². The van der Waals surface area contributed by atoms with E-state index in [2.05, 4.69) is 26.9 Å². The van der Waals surface area contributed by atoms with Crippen molar-refractivity contribution in [2.75, 3.05) is 18.0 Å². The summed E-state index contributed by atoms with van der Waals surface area (Å²) in [5.74, 6) is 1.66. The Kier molecular flexibility index (Phi) is 3.65. The number of aromatic nitrogens is 3. The topological polar surface area (TPSA) is 55.1 Å². The van der Waals surface area contributed by atoms with Gasteiger partial charge in [-0.1, -0.05) is 35.8 Å². The molecule has 0 aliphatic carbocycles. The van der Waals surface area contributed by atoms with Gasteiger partial charge in [0.15, 0.2) is 0 Å². The summed E-state index contributed by atoms with van der Waals surface area (Å²) >= 11 is 6.12. The normalized spacial score (nSPS) is 16.2. The summed E-state index contributed by atoms with van der Waals surface area (Å²) in [6.45, 7) is 4.28. The molecule has 0 radical (unpaired) electrons. The van der Waals surface area contributed by atoms with Gasteiger partial charge in [-0.15, -0.1) is 0 Å². The molecular formula is C17H17ClN4O. The summed E-state index contributed by atoms with van der Waals surface area (Å²) in [6.07, 6.45) is 3.88. The van der Waals surface area contributed by atoms with Crippen LogP contribution in [0.3, 0.4) is 0 Å². The molecule has 1 aliphatic heterocycles. The Bertz CT molecular complexity index is 839. The molecule has 0 atom stereocenters. The maximum absolute atomic E-state index is 6.12. The Hall–Kier alpha value is -2.14. The van der Waals surface area contributed by atoms with Gasteiger partial charge in [0.1, 0.15) is 23.2 Å². The van der Waals surface area contributed by atoms with Crippen molar-refractivity contribution in [2.24, 2.45) is 5.92 Å². The molecule has 4 rings (SSSR count). The van der Waals surface area contributed by atoms with Crippen LogP contribution in [0.2, 0.25) is 5.02 Å². The predicted octanol–water partition coefficient (Wildman–Crippen LogP) is 4.17. The summed E-state index contributed by atoms with van der Waals surface area (Å²) in [6, 6.07) is 7.60. The van der Waals surface area contributed by atoms with Crippen LogP contribution >= 0.6 is 11.6 Å². The zero-order chi connectivity index (χ0) is 15.8. The minimum absolute atomic E-state index is 0.517. The number of fused-ring (bicyclic) bond motifs is 1. The first kappa shape index (κ1) is 14.5. The minimum Gasteiger partial charge on any atom is -0.356 e. The van der Waals surface area contributed by atoms with Crippen molar-refractivity contribution in [3.05, 3.63) is 35.6 Å². The van der Waals surface area contributed by atoms with E-state index in [1.165, 1.54) is 12.8 Å². The van der Waals surface area contributed by atoms with Gasteiger partial charge in [0, 0.05) is 23.7 Å². The lowest BCUT2D eigenvalue weighted by molar-refractivity contribution is 0.436. The van der Waals surface area contributed by atoms with E-state index in [9.17, 15) is 0 Å². The van der Waals surface area contributed by atoms with Gasteiger partial charge in [-0.05, 0) is 30.9 Å². The second kappa shape index (κ2) is 5.81. The number of nitrogens with zero attached hydrogens (tertiary/aromatic N) is 4. The van der Waals surface area contributed by atoms with E-state index < -0.39 is 0 Å². The monoisotopic (exact) mass is 328 g/mol. The predicted molar refractivity (Wildman–Crippen MR) is 90.7 cm³/mol. The van der Waals surface area contributed by atoms with Crippen molar-refractivity contribution >= 4 is 28.5 Å². The van der Waals surface area contributed by atoms with E-state index in [0.717, 1.165) is 41.5 Å². The number of anilines is 1. The fourth-order valence-corrected chi connectivity index (χ4v) is 3.25. The molecule has 0 bridgehead atoms. The van der Waals surface area contributed by atoms with Crippen molar-refractivity contribution in [3.8, 4) is 11.3 Å². The maximum atomic E-state index is 6.12. The molecule has 23 heavy (non-hydrogen) atoms. The average Bonchev–Trinajstić information content (AvgIpc) is 3.00. The Morgan fingerprint density at radius 1 is 1.22 bits per heavy atom. The zero-order valence-electron chi connectivity index (χ0n) is 12.9. The first-order chi connectivity index (χ1) is 11.2. The van der Waals surface area contributed by atoms with Crippen molar-refractivity contribution < 1.29 is 4.52 Å². The molecule has 5 nitrogen and oxygen atoms in total. The van der Waals surface area contributed by atoms with Gasteiger partial charge in [-0.3, -0.25) is 0 Å². The van der Waals surface area contributed by atoms with Crippen molar-refractivity contribution in [3.63, 3.8) is 0 Å². The fraction of sp³-hybridized carbons (Fsp3) is 0.353. The van der Waals surface area contributed by atoms with Gasteiger partial charge in [0.25, 0.3) is 5.71 Å². The lowest BCUT2D eigenvalue weighted by Crippen LogP contribution is -2.33. The molecule has 3 heterocycles. The number of hydrogen-bond acceptors (Lipinski definition) is 5. The first-order valence-corrected chi connectivity index (χ1v) is 8.21. The lowest BCUT2D eigenvalue weighted by Gasteiger charge is -2.31. The van der Waals surface area contributed by atoms with E-state index in [1.807, 2.05) is 24.3 Å². The van der Waals surface area contributed by atoms with E-state index in [-0.39, 0.29) is 0 Å². The molecule has 6 heteroatoms. The first-order valence-electron chi connectivity index (χ1n) is 7.83. The molecule has 0 unspecified atom stereocenters. The molecule has 1 aromatic carbocycles. The van der Waals surface area contributed by atoms with Crippen molar-refractivity contribution in [1.82, 2.24) is 15.1 Å². The van der Waals surface area contributed by atoms with Gasteiger partial charge in [-0.25, -0.2) is 4.98 Å². The van der Waals surface area contributed by atoms with Crippen LogP contribution in [0.4, 0.5) is 5.82 Å². The second-order valence-corrected chi connectivity index (χ2v) is 6.52. The Morgan fingerprint density at radius 3 is 2.83 bits per heavy atom. The fourth-order valence-electron chi connectivity index (χ4n) is 3.06. The Labute approximate surface area is 139 Å². The average molecular weight is 329 g/mol. The standard InChI is InChI=1S/C17H17ClN4O/c1-11-5-7-22(8-6-11)16-14-15(12-3-2-4-13(18)9-12)21-23-17(14)20-10-19-16/h2-4,9-11H,5-8H2,1H3. The molecule has 0 N–H and O–H groups in total. The highest BCUT2D eigenvalue weighted by atomic mass is 35.5. The highest BCUT2D eigenvalue weighted by Crippen LogP contribution is 2.35. The van der Waals surface area contributed by atoms with E-state index in [4.69, 9.17) is 16.1 Å². The van der Waals surface area contributed by atoms with Gasteiger partial charge in [0.2, 0.25) is 0 Å². The van der Waals surface area contributed by atoms with Crippen LogP contribution < -0.4 is 4.90 Å². The second-order valence-electron chi connectivity index (χ2n) is 6.09. The SMILES string of the molecule is CC1CCN(c2ncnc3onc(-c4cccc(Cl)c4)c23)CC1. The van der Waals surface area contributed by atoms with Crippen LogP contribution in [0.25, 0.3) is 22.4 Å². The Balaban J connectivity index is 1.84. The number of rotatable bonds is 2. The summed E-state index contributed by atoms with van der Waals surface area (Å²) in [5, 5.41) is 5.75. The van der Waals surface area contributed by atoms with Crippen LogP contribution in [-0.4, -0.2) is 28.2 Å². The molecule has 1 fully saturated rings. The molecule has 0 saturated carbocycles. The summed E-state index contributed by atoms with van der Waals surface area (Å²) in [4.78, 5) is 11.0. The molecule has 118 valence electrons. The molecule has 2 aromatic heterocycles. The third kappa shape index (κ3) is 2.65. The highest BCUT2D eigenvalue weighted by Gasteiger charge is 2.23. The molecule has 3 aromatic rings. The largest absolute Gasteiger partial charge is 0.356 e. The van der Waals surface area contributed by atoms with Crippen LogP contribution in [0.5, 0.6) is 0 Å². The third-order valence-corrected chi connectivity index (χ3v) is 4.67. The van der Waals surface area contributed by atoms with Gasteiger partial charge < -0.3 is 9.42 Å². The third-order valence-electron chi connectivity index (χ3n) is 4.43. The summed E-state index contributed by atoms with van der Waals surface area (Å²) in [5.41, 5.74) is 2.18. The number of piperidine rings is 1. The number of halogens is 1. The lowest BCUT2D eigenvalue weighted by atomic mass is 9.99. The smallest absolute Gasteiger partial charge is 0.263 e.